The zero-order chi connectivity index (χ0) is 21.7. The van der Waals surface area contributed by atoms with Crippen molar-refractivity contribution in [3.63, 3.8) is 0 Å². The number of piperazine rings is 1. The fourth-order valence-electron chi connectivity index (χ4n) is 5.44. The Morgan fingerprint density at radius 1 is 1.03 bits per heavy atom. The van der Waals surface area contributed by atoms with E-state index in [9.17, 15) is 0 Å². The average molecular weight is 435 g/mol. The number of anilines is 2. The highest BCUT2D eigenvalue weighted by Crippen LogP contribution is 2.42. The number of hydrogen-bond donors (Lipinski definition) is 0. The van der Waals surface area contributed by atoms with Gasteiger partial charge in [-0.1, -0.05) is 19.8 Å². The van der Waals surface area contributed by atoms with Crippen molar-refractivity contribution < 1.29 is 0 Å². The summed E-state index contributed by atoms with van der Waals surface area (Å²) < 4.78 is 4.09. The molecule has 2 aliphatic heterocycles. The van der Waals surface area contributed by atoms with E-state index in [-0.39, 0.29) is 6.04 Å². The molecule has 0 radical (unpaired) electrons. The molecule has 1 saturated carbocycles. The lowest BCUT2D eigenvalue weighted by Gasteiger charge is -2.40. The summed E-state index contributed by atoms with van der Waals surface area (Å²) in [6, 6.07) is 0.655. The Labute approximate surface area is 187 Å². The van der Waals surface area contributed by atoms with Crippen LogP contribution in [-0.4, -0.2) is 78.5 Å². The summed E-state index contributed by atoms with van der Waals surface area (Å²) in [4.78, 5) is 21.8. The number of likely N-dealkylation sites (N-methyl/N-ethyl adjacent to an activating group) is 1. The number of hydrogen-bond acceptors (Lipinski definition) is 8. The zero-order valence-electron chi connectivity index (χ0n) is 18.8. The summed E-state index contributed by atoms with van der Waals surface area (Å²) in [6.45, 7) is 6.19. The number of imidazole rings is 1. The van der Waals surface area contributed by atoms with Crippen LogP contribution in [0.2, 0.25) is 0 Å². The molecule has 10 heteroatoms. The third kappa shape index (κ3) is 3.08. The van der Waals surface area contributed by atoms with Gasteiger partial charge in [0.2, 0.25) is 11.9 Å². The molecular weight excluding hydrogens is 404 g/mol. The van der Waals surface area contributed by atoms with Crippen LogP contribution in [-0.2, 0) is 0 Å². The SMILES string of the molecule is CCC1c2nncn2-c2cnc(-n3ccnc3N3CCN(C)CC3)nc2N1C1CCCC1. The maximum atomic E-state index is 5.15. The smallest absolute Gasteiger partial charge is 0.238 e. The van der Waals surface area contributed by atoms with Gasteiger partial charge in [-0.05, 0) is 26.3 Å². The van der Waals surface area contributed by atoms with Crippen LogP contribution in [0, 0.1) is 0 Å². The first-order valence-electron chi connectivity index (χ1n) is 11.8. The lowest BCUT2D eigenvalue weighted by Crippen LogP contribution is -2.45. The second-order valence-electron chi connectivity index (χ2n) is 9.10. The van der Waals surface area contributed by atoms with Crippen LogP contribution in [0.3, 0.4) is 0 Å². The molecule has 3 aliphatic rings. The minimum absolute atomic E-state index is 0.177. The van der Waals surface area contributed by atoms with Crippen molar-refractivity contribution in [1.82, 2.24) is 39.2 Å². The Hall–Kier alpha value is -3.01. The molecule has 10 nitrogen and oxygen atoms in total. The summed E-state index contributed by atoms with van der Waals surface area (Å²) in [5.41, 5.74) is 0.964. The van der Waals surface area contributed by atoms with Crippen LogP contribution in [0.15, 0.2) is 24.9 Å². The third-order valence-electron chi connectivity index (χ3n) is 7.18. The Bertz CT molecular complexity index is 1090. The van der Waals surface area contributed by atoms with Gasteiger partial charge in [0.1, 0.15) is 12.0 Å². The molecule has 0 N–H and O–H groups in total. The monoisotopic (exact) mass is 434 g/mol. The van der Waals surface area contributed by atoms with Gasteiger partial charge in [-0.2, -0.15) is 4.98 Å². The molecule has 32 heavy (non-hydrogen) atoms. The van der Waals surface area contributed by atoms with Gasteiger partial charge in [-0.3, -0.25) is 9.13 Å². The van der Waals surface area contributed by atoms with Crippen molar-refractivity contribution in [2.24, 2.45) is 0 Å². The van der Waals surface area contributed by atoms with E-state index in [0.717, 1.165) is 55.9 Å². The molecule has 1 saturated heterocycles. The van der Waals surface area contributed by atoms with E-state index < -0.39 is 0 Å². The molecule has 1 unspecified atom stereocenters. The lowest BCUT2D eigenvalue weighted by atomic mass is 10.0. The van der Waals surface area contributed by atoms with Crippen molar-refractivity contribution in [2.45, 2.75) is 51.1 Å². The first kappa shape index (κ1) is 19.7. The molecular formula is C22H30N10. The normalized spacial score (nSPS) is 21.8. The van der Waals surface area contributed by atoms with Gasteiger partial charge < -0.3 is 14.7 Å². The summed E-state index contributed by atoms with van der Waals surface area (Å²) in [5, 5.41) is 8.69. The molecule has 0 spiro atoms. The number of rotatable bonds is 4. The Morgan fingerprint density at radius 2 is 1.84 bits per heavy atom. The topological polar surface area (TPSA) is 84.0 Å². The van der Waals surface area contributed by atoms with Gasteiger partial charge in [-0.15, -0.1) is 10.2 Å². The fraction of sp³-hybridized carbons (Fsp3) is 0.591. The van der Waals surface area contributed by atoms with E-state index in [1.807, 2.05) is 23.2 Å². The van der Waals surface area contributed by atoms with Crippen LogP contribution in [0.1, 0.15) is 50.9 Å². The van der Waals surface area contributed by atoms with E-state index in [1.165, 1.54) is 25.7 Å². The lowest BCUT2D eigenvalue weighted by molar-refractivity contribution is 0.310. The standard InChI is InChI=1S/C22H30N10/c1-3-17-20-27-25-15-31(20)18-14-24-21(26-19(18)32(17)16-6-4-5-7-16)30-9-8-23-22(30)29-12-10-28(2)11-13-29/h8-9,14-17H,3-7,10-13H2,1-2H3. The van der Waals surface area contributed by atoms with E-state index in [0.29, 0.717) is 12.0 Å². The van der Waals surface area contributed by atoms with E-state index >= 15 is 0 Å². The molecule has 1 aliphatic carbocycles. The van der Waals surface area contributed by atoms with Crippen molar-refractivity contribution in [3.8, 4) is 11.6 Å². The number of nitrogens with zero attached hydrogens (tertiary/aromatic N) is 10. The molecule has 0 amide bonds. The molecule has 3 aromatic rings. The molecule has 168 valence electrons. The molecule has 2 fully saturated rings. The van der Waals surface area contributed by atoms with Crippen LogP contribution in [0.5, 0.6) is 0 Å². The van der Waals surface area contributed by atoms with Gasteiger partial charge in [-0.25, -0.2) is 9.97 Å². The summed E-state index contributed by atoms with van der Waals surface area (Å²) >= 11 is 0. The second-order valence-corrected chi connectivity index (χ2v) is 9.10. The Morgan fingerprint density at radius 3 is 2.62 bits per heavy atom. The highest BCUT2D eigenvalue weighted by atomic mass is 15.4. The maximum absolute atomic E-state index is 5.15. The zero-order valence-corrected chi connectivity index (χ0v) is 18.8. The summed E-state index contributed by atoms with van der Waals surface area (Å²) in [5.74, 6) is 3.56. The Balaban J connectivity index is 1.44. The number of aromatic nitrogens is 7. The van der Waals surface area contributed by atoms with Gasteiger partial charge >= 0.3 is 0 Å². The van der Waals surface area contributed by atoms with E-state index in [4.69, 9.17) is 9.97 Å². The molecule has 5 heterocycles. The molecule has 1 atom stereocenters. The van der Waals surface area contributed by atoms with Crippen LogP contribution in [0.25, 0.3) is 11.6 Å². The van der Waals surface area contributed by atoms with Crippen molar-refractivity contribution >= 4 is 11.8 Å². The minimum atomic E-state index is 0.177. The van der Waals surface area contributed by atoms with Gasteiger partial charge in [0.25, 0.3) is 0 Å². The first-order valence-corrected chi connectivity index (χ1v) is 11.8. The largest absolute Gasteiger partial charge is 0.341 e. The van der Waals surface area contributed by atoms with Crippen molar-refractivity contribution in [3.05, 3.63) is 30.7 Å². The molecule has 0 bridgehead atoms. The average Bonchev–Trinajstić information content (AvgIpc) is 3.60. The summed E-state index contributed by atoms with van der Waals surface area (Å²) in [7, 11) is 2.16. The van der Waals surface area contributed by atoms with Gasteiger partial charge in [0.15, 0.2) is 11.6 Å². The van der Waals surface area contributed by atoms with Crippen LogP contribution >= 0.6 is 0 Å². The highest BCUT2D eigenvalue weighted by molar-refractivity contribution is 5.63. The van der Waals surface area contributed by atoms with Crippen LogP contribution < -0.4 is 9.80 Å². The van der Waals surface area contributed by atoms with Gasteiger partial charge in [0.05, 0.1) is 12.2 Å². The van der Waals surface area contributed by atoms with Crippen molar-refractivity contribution in [2.75, 3.05) is 43.0 Å². The van der Waals surface area contributed by atoms with Crippen molar-refractivity contribution in [1.29, 1.82) is 0 Å². The Kier molecular flexibility index (Phi) is 4.82. The highest BCUT2D eigenvalue weighted by Gasteiger charge is 2.38. The van der Waals surface area contributed by atoms with E-state index in [2.05, 4.69) is 48.4 Å². The summed E-state index contributed by atoms with van der Waals surface area (Å²) in [6.07, 6.45) is 13.4. The third-order valence-corrected chi connectivity index (χ3v) is 7.18. The maximum Gasteiger partial charge on any atom is 0.238 e. The predicted octanol–water partition coefficient (Wildman–Crippen LogP) is 2.21. The molecule has 0 aromatic carbocycles. The van der Waals surface area contributed by atoms with Gasteiger partial charge in [0, 0.05) is 44.6 Å². The number of fused-ring (bicyclic) bond motifs is 3. The predicted molar refractivity (Wildman–Crippen MR) is 122 cm³/mol. The second kappa shape index (κ2) is 7.84. The minimum Gasteiger partial charge on any atom is -0.341 e. The quantitative estimate of drug-likeness (QED) is 0.618. The van der Waals surface area contributed by atoms with E-state index in [1.54, 1.807) is 6.33 Å². The fourth-order valence-corrected chi connectivity index (χ4v) is 5.44. The first-order chi connectivity index (χ1) is 15.7. The molecule has 3 aromatic heterocycles. The molecule has 6 rings (SSSR count). The van der Waals surface area contributed by atoms with Crippen LogP contribution in [0.4, 0.5) is 11.8 Å².